The molecule has 0 spiro atoms. The Balaban J connectivity index is 2.22. The second kappa shape index (κ2) is 7.41. The summed E-state index contributed by atoms with van der Waals surface area (Å²) in [4.78, 5) is 1.31. The van der Waals surface area contributed by atoms with Crippen molar-refractivity contribution in [3.63, 3.8) is 0 Å². The molecule has 0 atom stereocenters. The highest BCUT2D eigenvalue weighted by Gasteiger charge is 1.94. The Labute approximate surface area is 96.5 Å². The molecule has 2 heteroatoms. The van der Waals surface area contributed by atoms with Gasteiger partial charge in [0.15, 0.2) is 0 Å². The number of hydrogen-bond acceptors (Lipinski definition) is 2. The maximum atomic E-state index is 5.11. The number of rotatable bonds is 7. The number of allylic oxidation sites excluding steroid dienone is 1. The molecule has 0 aliphatic carbocycles. The number of unbranched alkanes of at least 4 members (excludes halogenated alkanes) is 2. The Bertz CT molecular complexity index is 279. The van der Waals surface area contributed by atoms with Gasteiger partial charge in [0, 0.05) is 4.90 Å². The molecule has 0 aliphatic heterocycles. The Morgan fingerprint density at radius 2 is 2.00 bits per heavy atom. The van der Waals surface area contributed by atoms with Gasteiger partial charge in [0.05, 0.1) is 7.11 Å². The average molecular weight is 222 g/mol. The smallest absolute Gasteiger partial charge is 0.118 e. The molecular formula is C13H18OS. The molecule has 0 N–H and O–H groups in total. The van der Waals surface area contributed by atoms with Crippen LogP contribution in [0, 0.1) is 0 Å². The van der Waals surface area contributed by atoms with E-state index < -0.39 is 0 Å². The number of ether oxygens (including phenoxy) is 1. The van der Waals surface area contributed by atoms with Crippen molar-refractivity contribution in [3.8, 4) is 5.75 Å². The topological polar surface area (TPSA) is 9.23 Å². The summed E-state index contributed by atoms with van der Waals surface area (Å²) in [6, 6.07) is 8.23. The van der Waals surface area contributed by atoms with Gasteiger partial charge < -0.3 is 4.74 Å². The van der Waals surface area contributed by atoms with Crippen molar-refractivity contribution in [2.75, 3.05) is 12.9 Å². The van der Waals surface area contributed by atoms with E-state index in [2.05, 4.69) is 18.7 Å². The van der Waals surface area contributed by atoms with Gasteiger partial charge in [0.2, 0.25) is 0 Å². The molecule has 0 aliphatic rings. The van der Waals surface area contributed by atoms with Crippen LogP contribution in [0.1, 0.15) is 19.3 Å². The maximum Gasteiger partial charge on any atom is 0.118 e. The van der Waals surface area contributed by atoms with Gasteiger partial charge in [-0.1, -0.05) is 6.08 Å². The Hall–Kier alpha value is -0.890. The van der Waals surface area contributed by atoms with E-state index in [4.69, 9.17) is 4.74 Å². The van der Waals surface area contributed by atoms with Gasteiger partial charge in [-0.3, -0.25) is 0 Å². The van der Waals surface area contributed by atoms with Crippen LogP contribution in [-0.4, -0.2) is 12.9 Å². The molecule has 0 saturated carbocycles. The van der Waals surface area contributed by atoms with Gasteiger partial charge in [-0.05, 0) is 49.3 Å². The van der Waals surface area contributed by atoms with E-state index in [1.54, 1.807) is 7.11 Å². The Kier molecular flexibility index (Phi) is 6.02. The van der Waals surface area contributed by atoms with Crippen LogP contribution in [0.5, 0.6) is 5.75 Å². The van der Waals surface area contributed by atoms with Gasteiger partial charge in [0.25, 0.3) is 0 Å². The van der Waals surface area contributed by atoms with E-state index in [1.807, 2.05) is 30.0 Å². The molecule has 0 aromatic heterocycles. The first-order valence-corrected chi connectivity index (χ1v) is 6.23. The third-order valence-corrected chi connectivity index (χ3v) is 3.23. The zero-order valence-corrected chi connectivity index (χ0v) is 10.1. The van der Waals surface area contributed by atoms with Crippen LogP contribution in [-0.2, 0) is 0 Å². The zero-order valence-electron chi connectivity index (χ0n) is 9.24. The molecule has 0 fully saturated rings. The first-order chi connectivity index (χ1) is 7.36. The van der Waals surface area contributed by atoms with E-state index in [1.165, 1.54) is 23.5 Å². The molecule has 0 radical (unpaired) electrons. The molecule has 0 bridgehead atoms. The molecule has 0 heterocycles. The van der Waals surface area contributed by atoms with Crippen molar-refractivity contribution in [2.45, 2.75) is 24.2 Å². The molecule has 0 saturated heterocycles. The highest BCUT2D eigenvalue weighted by Crippen LogP contribution is 2.22. The van der Waals surface area contributed by atoms with Crippen molar-refractivity contribution in [1.82, 2.24) is 0 Å². The van der Waals surface area contributed by atoms with E-state index >= 15 is 0 Å². The fourth-order valence-electron chi connectivity index (χ4n) is 1.25. The summed E-state index contributed by atoms with van der Waals surface area (Å²) in [6.07, 6.45) is 5.61. The molecule has 0 amide bonds. The summed E-state index contributed by atoms with van der Waals surface area (Å²) >= 11 is 1.90. The van der Waals surface area contributed by atoms with Crippen molar-refractivity contribution in [3.05, 3.63) is 36.9 Å². The van der Waals surface area contributed by atoms with Crippen LogP contribution >= 0.6 is 11.8 Å². The van der Waals surface area contributed by atoms with E-state index in [9.17, 15) is 0 Å². The van der Waals surface area contributed by atoms with Crippen LogP contribution in [0.3, 0.4) is 0 Å². The number of benzene rings is 1. The van der Waals surface area contributed by atoms with E-state index in [-0.39, 0.29) is 0 Å². The largest absolute Gasteiger partial charge is 0.497 e. The minimum atomic E-state index is 0.922. The van der Waals surface area contributed by atoms with E-state index in [0.717, 1.165) is 12.2 Å². The summed E-state index contributed by atoms with van der Waals surface area (Å²) in [6.45, 7) is 3.71. The van der Waals surface area contributed by atoms with E-state index in [0.29, 0.717) is 0 Å². The summed E-state index contributed by atoms with van der Waals surface area (Å²) in [5, 5.41) is 0. The molecule has 82 valence electrons. The zero-order chi connectivity index (χ0) is 10.9. The highest BCUT2D eigenvalue weighted by atomic mass is 32.2. The Morgan fingerprint density at radius 1 is 1.27 bits per heavy atom. The average Bonchev–Trinajstić information content (AvgIpc) is 2.30. The van der Waals surface area contributed by atoms with Crippen LogP contribution in [0.2, 0.25) is 0 Å². The number of methoxy groups -OCH3 is 1. The standard InChI is InChI=1S/C13H18OS/c1-3-4-5-6-11-15-13-9-7-12(14-2)8-10-13/h3,7-10H,1,4-6,11H2,2H3. The minimum Gasteiger partial charge on any atom is -0.497 e. The molecular weight excluding hydrogens is 204 g/mol. The Morgan fingerprint density at radius 3 is 2.60 bits per heavy atom. The molecule has 15 heavy (non-hydrogen) atoms. The quantitative estimate of drug-likeness (QED) is 0.389. The summed E-state index contributed by atoms with van der Waals surface area (Å²) in [7, 11) is 1.69. The lowest BCUT2D eigenvalue weighted by molar-refractivity contribution is 0.414. The fraction of sp³-hybridized carbons (Fsp3) is 0.385. The first-order valence-electron chi connectivity index (χ1n) is 5.24. The predicted octanol–water partition coefficient (Wildman–Crippen LogP) is 4.14. The molecule has 1 aromatic carbocycles. The third kappa shape index (κ3) is 4.93. The lowest BCUT2D eigenvalue weighted by atomic mass is 10.2. The fourth-order valence-corrected chi connectivity index (χ4v) is 2.17. The molecule has 1 rings (SSSR count). The van der Waals surface area contributed by atoms with Crippen molar-refractivity contribution in [1.29, 1.82) is 0 Å². The molecule has 0 unspecified atom stereocenters. The van der Waals surface area contributed by atoms with Gasteiger partial charge in [-0.15, -0.1) is 18.3 Å². The van der Waals surface area contributed by atoms with Crippen molar-refractivity contribution >= 4 is 11.8 Å². The van der Waals surface area contributed by atoms with Gasteiger partial charge in [0.1, 0.15) is 5.75 Å². The van der Waals surface area contributed by atoms with Crippen LogP contribution in [0.4, 0.5) is 0 Å². The minimum absolute atomic E-state index is 0.922. The van der Waals surface area contributed by atoms with Gasteiger partial charge in [-0.2, -0.15) is 0 Å². The lowest BCUT2D eigenvalue weighted by Crippen LogP contribution is -1.83. The van der Waals surface area contributed by atoms with Crippen LogP contribution in [0.25, 0.3) is 0 Å². The van der Waals surface area contributed by atoms with Gasteiger partial charge >= 0.3 is 0 Å². The van der Waals surface area contributed by atoms with Gasteiger partial charge in [-0.25, -0.2) is 0 Å². The second-order valence-electron chi connectivity index (χ2n) is 3.31. The normalized spacial score (nSPS) is 9.93. The lowest BCUT2D eigenvalue weighted by Gasteiger charge is -2.02. The number of thioether (sulfide) groups is 1. The number of hydrogen-bond donors (Lipinski definition) is 0. The highest BCUT2D eigenvalue weighted by molar-refractivity contribution is 7.99. The second-order valence-corrected chi connectivity index (χ2v) is 4.48. The third-order valence-electron chi connectivity index (χ3n) is 2.13. The summed E-state index contributed by atoms with van der Waals surface area (Å²) < 4.78 is 5.11. The first kappa shape index (κ1) is 12.2. The summed E-state index contributed by atoms with van der Waals surface area (Å²) in [5.74, 6) is 2.10. The molecule has 1 aromatic rings. The summed E-state index contributed by atoms with van der Waals surface area (Å²) in [5.41, 5.74) is 0. The van der Waals surface area contributed by atoms with Crippen molar-refractivity contribution in [2.24, 2.45) is 0 Å². The maximum absolute atomic E-state index is 5.11. The van der Waals surface area contributed by atoms with Crippen LogP contribution < -0.4 is 4.74 Å². The van der Waals surface area contributed by atoms with Crippen LogP contribution in [0.15, 0.2) is 41.8 Å². The van der Waals surface area contributed by atoms with Crippen molar-refractivity contribution < 1.29 is 4.74 Å². The SMILES string of the molecule is C=CCCCCSc1ccc(OC)cc1. The molecule has 1 nitrogen and oxygen atoms in total. The monoisotopic (exact) mass is 222 g/mol. The predicted molar refractivity (Wildman–Crippen MR) is 67.8 cm³/mol.